The summed E-state index contributed by atoms with van der Waals surface area (Å²) in [4.78, 5) is 12.6. The molecule has 0 bridgehead atoms. The van der Waals surface area contributed by atoms with E-state index >= 15 is 0 Å². The first-order valence-corrected chi connectivity index (χ1v) is 12.8. The zero-order valence-corrected chi connectivity index (χ0v) is 21.8. The molecule has 36 heavy (non-hydrogen) atoms. The van der Waals surface area contributed by atoms with Crippen LogP contribution in [0.2, 0.25) is 5.02 Å². The minimum atomic E-state index is -3.61. The van der Waals surface area contributed by atoms with Gasteiger partial charge in [0, 0.05) is 16.1 Å². The summed E-state index contributed by atoms with van der Waals surface area (Å²) in [5, 5.41) is 4.45. The van der Waals surface area contributed by atoms with Crippen molar-refractivity contribution in [3.05, 3.63) is 82.4 Å². The van der Waals surface area contributed by atoms with E-state index in [9.17, 15) is 13.2 Å². The van der Waals surface area contributed by atoms with Gasteiger partial charge in [-0.3, -0.25) is 9.10 Å². The van der Waals surface area contributed by atoms with Crippen LogP contribution in [0.15, 0.2) is 65.8 Å². The number of carbonyl (C=O) groups is 1. The number of amides is 1. The summed E-state index contributed by atoms with van der Waals surface area (Å²) in [5.74, 6) is 0.876. The van der Waals surface area contributed by atoms with Gasteiger partial charge in [0.2, 0.25) is 15.8 Å². The predicted octanol–water partition coefficient (Wildman–Crippen LogP) is 4.10. The molecule has 0 atom stereocenters. The highest BCUT2D eigenvalue weighted by molar-refractivity contribution is 7.92. The van der Waals surface area contributed by atoms with Crippen LogP contribution < -0.4 is 23.9 Å². The highest BCUT2D eigenvalue weighted by Crippen LogP contribution is 2.37. The van der Waals surface area contributed by atoms with Crippen LogP contribution in [0.25, 0.3) is 0 Å². The number of hydrogen-bond acceptors (Lipinski definition) is 7. The average molecular weight is 532 g/mol. The lowest BCUT2D eigenvalue weighted by atomic mass is 10.2. The number of sulfonamides is 1. The number of ether oxygens (including phenoxy) is 3. The number of hydrazone groups is 1. The monoisotopic (exact) mass is 531 g/mol. The van der Waals surface area contributed by atoms with Gasteiger partial charge in [-0.1, -0.05) is 29.8 Å². The molecule has 3 aromatic carbocycles. The fourth-order valence-corrected chi connectivity index (χ4v) is 4.44. The molecule has 0 aliphatic carbocycles. The molecule has 11 heteroatoms. The van der Waals surface area contributed by atoms with Gasteiger partial charge in [0.1, 0.15) is 0 Å². The van der Waals surface area contributed by atoms with E-state index in [1.807, 2.05) is 0 Å². The summed E-state index contributed by atoms with van der Waals surface area (Å²) in [6, 6.07) is 16.5. The first-order chi connectivity index (χ1) is 17.2. The second-order valence-corrected chi connectivity index (χ2v) is 9.88. The molecule has 0 aliphatic rings. The largest absolute Gasteiger partial charge is 0.493 e. The van der Waals surface area contributed by atoms with Crippen molar-refractivity contribution in [2.75, 3.05) is 31.9 Å². The highest BCUT2D eigenvalue weighted by Gasteiger charge is 2.19. The van der Waals surface area contributed by atoms with E-state index in [1.165, 1.54) is 44.0 Å². The SMILES string of the molecule is COc1cc(/C=N/NC(=O)c2ccc(N(Cc3ccccc3Cl)S(C)(=O)=O)cc2)cc(OC)c1OC. The van der Waals surface area contributed by atoms with Crippen LogP contribution in [0.5, 0.6) is 17.2 Å². The van der Waals surface area contributed by atoms with E-state index in [0.717, 1.165) is 6.26 Å². The van der Waals surface area contributed by atoms with Gasteiger partial charge in [-0.25, -0.2) is 13.8 Å². The molecule has 3 aromatic rings. The lowest BCUT2D eigenvalue weighted by Crippen LogP contribution is -2.29. The van der Waals surface area contributed by atoms with Crippen molar-refractivity contribution in [1.82, 2.24) is 5.43 Å². The van der Waals surface area contributed by atoms with Gasteiger partial charge in [0.15, 0.2) is 11.5 Å². The Hall–Kier alpha value is -3.76. The number of nitrogens with zero attached hydrogens (tertiary/aromatic N) is 2. The van der Waals surface area contributed by atoms with Crippen LogP contribution in [0.1, 0.15) is 21.5 Å². The highest BCUT2D eigenvalue weighted by atomic mass is 35.5. The Labute approximate surface area is 215 Å². The fraction of sp³-hybridized carbons (Fsp3) is 0.200. The second-order valence-electron chi connectivity index (χ2n) is 7.57. The number of anilines is 1. The number of benzene rings is 3. The minimum Gasteiger partial charge on any atom is -0.493 e. The van der Waals surface area contributed by atoms with Crippen molar-refractivity contribution >= 4 is 39.4 Å². The van der Waals surface area contributed by atoms with Crippen LogP contribution in [0.4, 0.5) is 5.69 Å². The molecule has 9 nitrogen and oxygen atoms in total. The Morgan fingerprint density at radius 2 is 1.61 bits per heavy atom. The van der Waals surface area contributed by atoms with Crippen molar-refractivity contribution in [1.29, 1.82) is 0 Å². The maximum Gasteiger partial charge on any atom is 0.271 e. The quantitative estimate of drug-likeness (QED) is 0.312. The van der Waals surface area contributed by atoms with E-state index < -0.39 is 15.9 Å². The fourth-order valence-electron chi connectivity index (χ4n) is 3.37. The van der Waals surface area contributed by atoms with Crippen LogP contribution in [0.3, 0.4) is 0 Å². The average Bonchev–Trinajstić information content (AvgIpc) is 2.86. The summed E-state index contributed by atoms with van der Waals surface area (Å²) < 4.78 is 42.0. The van der Waals surface area contributed by atoms with Crippen LogP contribution in [0, 0.1) is 0 Å². The predicted molar refractivity (Wildman–Crippen MR) is 140 cm³/mol. The Bertz CT molecular complexity index is 1340. The van der Waals surface area contributed by atoms with Gasteiger partial charge < -0.3 is 14.2 Å². The molecule has 1 amide bonds. The van der Waals surface area contributed by atoms with Crippen LogP contribution >= 0.6 is 11.6 Å². The second kappa shape index (κ2) is 11.8. The molecule has 0 unspecified atom stereocenters. The molecule has 3 rings (SSSR count). The molecule has 0 saturated heterocycles. The molecular formula is C25H26ClN3O6S. The molecule has 190 valence electrons. The summed E-state index contributed by atoms with van der Waals surface area (Å²) in [7, 11) is 0.905. The number of carbonyl (C=O) groups excluding carboxylic acids is 1. The molecular weight excluding hydrogens is 506 g/mol. The molecule has 0 radical (unpaired) electrons. The Morgan fingerprint density at radius 3 is 2.14 bits per heavy atom. The Morgan fingerprint density at radius 1 is 1.00 bits per heavy atom. The topological polar surface area (TPSA) is 107 Å². The Kier molecular flexibility index (Phi) is 8.78. The number of rotatable bonds is 10. The Balaban J connectivity index is 1.74. The van der Waals surface area contributed by atoms with Gasteiger partial charge in [-0.2, -0.15) is 5.10 Å². The number of methoxy groups -OCH3 is 3. The van der Waals surface area contributed by atoms with Gasteiger partial charge in [0.25, 0.3) is 5.91 Å². The summed E-state index contributed by atoms with van der Waals surface area (Å²) in [6.07, 6.45) is 2.55. The van der Waals surface area contributed by atoms with E-state index in [4.69, 9.17) is 25.8 Å². The lowest BCUT2D eigenvalue weighted by Gasteiger charge is -2.23. The molecule has 0 heterocycles. The normalized spacial score (nSPS) is 11.2. The molecule has 0 fully saturated rings. The van der Waals surface area contributed by atoms with Gasteiger partial charge >= 0.3 is 0 Å². The summed E-state index contributed by atoms with van der Waals surface area (Å²) >= 11 is 6.21. The molecule has 1 N–H and O–H groups in total. The van der Waals surface area contributed by atoms with Crippen LogP contribution in [-0.4, -0.2) is 48.1 Å². The zero-order valence-electron chi connectivity index (χ0n) is 20.2. The van der Waals surface area contributed by atoms with Crippen molar-refractivity contribution in [3.8, 4) is 17.2 Å². The van der Waals surface area contributed by atoms with E-state index in [0.29, 0.717) is 44.6 Å². The van der Waals surface area contributed by atoms with Crippen molar-refractivity contribution in [2.24, 2.45) is 5.10 Å². The van der Waals surface area contributed by atoms with Gasteiger partial charge in [0.05, 0.1) is 46.0 Å². The minimum absolute atomic E-state index is 0.0587. The van der Waals surface area contributed by atoms with Gasteiger partial charge in [-0.05, 0) is 48.0 Å². The van der Waals surface area contributed by atoms with E-state index in [-0.39, 0.29) is 6.54 Å². The maximum atomic E-state index is 12.6. The van der Waals surface area contributed by atoms with Crippen LogP contribution in [-0.2, 0) is 16.6 Å². The number of hydrogen-bond donors (Lipinski definition) is 1. The van der Waals surface area contributed by atoms with Crippen molar-refractivity contribution in [2.45, 2.75) is 6.54 Å². The molecule has 0 aromatic heterocycles. The molecule has 0 saturated carbocycles. The smallest absolute Gasteiger partial charge is 0.271 e. The molecule has 0 aliphatic heterocycles. The van der Waals surface area contributed by atoms with Gasteiger partial charge in [-0.15, -0.1) is 0 Å². The standard InChI is InChI=1S/C25H26ClN3O6S/c1-33-22-13-17(14-23(34-2)24(22)35-3)15-27-28-25(30)18-9-11-20(12-10-18)29(36(4,31)32)16-19-7-5-6-8-21(19)26/h5-15H,16H2,1-4H3,(H,28,30)/b27-15+. The third-order valence-electron chi connectivity index (χ3n) is 5.16. The summed E-state index contributed by atoms with van der Waals surface area (Å²) in [5.41, 5.74) is 4.42. The number of halogens is 1. The molecule has 0 spiro atoms. The van der Waals surface area contributed by atoms with Crippen molar-refractivity contribution in [3.63, 3.8) is 0 Å². The lowest BCUT2D eigenvalue weighted by molar-refractivity contribution is 0.0955. The van der Waals surface area contributed by atoms with Crippen molar-refractivity contribution < 1.29 is 27.4 Å². The first kappa shape index (κ1) is 26.8. The first-order valence-electron chi connectivity index (χ1n) is 10.6. The third kappa shape index (κ3) is 6.46. The third-order valence-corrected chi connectivity index (χ3v) is 6.67. The van der Waals surface area contributed by atoms with E-state index in [2.05, 4.69) is 10.5 Å². The van der Waals surface area contributed by atoms with E-state index in [1.54, 1.807) is 48.5 Å². The summed E-state index contributed by atoms with van der Waals surface area (Å²) in [6.45, 7) is 0.0587. The number of nitrogens with one attached hydrogen (secondary N) is 1. The zero-order chi connectivity index (χ0) is 26.3. The maximum absolute atomic E-state index is 12.6.